The van der Waals surface area contributed by atoms with E-state index >= 15 is 0 Å². The summed E-state index contributed by atoms with van der Waals surface area (Å²) in [6, 6.07) is 3.27. The van der Waals surface area contributed by atoms with Gasteiger partial charge in [-0.25, -0.2) is 9.78 Å². The first-order valence-electron chi connectivity index (χ1n) is 6.54. The Bertz CT molecular complexity index is 433. The van der Waals surface area contributed by atoms with Gasteiger partial charge in [-0.15, -0.1) is 0 Å². The third kappa shape index (κ3) is 4.87. The molecule has 1 aromatic heterocycles. The molecule has 0 fully saturated rings. The molecule has 1 heterocycles. The van der Waals surface area contributed by atoms with E-state index in [-0.39, 0.29) is 0 Å². The molecule has 0 saturated heterocycles. The van der Waals surface area contributed by atoms with E-state index in [1.165, 1.54) is 0 Å². The van der Waals surface area contributed by atoms with Gasteiger partial charge >= 0.3 is 5.97 Å². The minimum Gasteiger partial charge on any atom is -0.478 e. The third-order valence-corrected chi connectivity index (χ3v) is 2.96. The summed E-state index contributed by atoms with van der Waals surface area (Å²) in [5.41, 5.74) is 1.12. The van der Waals surface area contributed by atoms with Crippen molar-refractivity contribution in [1.82, 2.24) is 9.88 Å². The van der Waals surface area contributed by atoms with Crippen LogP contribution < -0.4 is 4.90 Å². The van der Waals surface area contributed by atoms with Crippen molar-refractivity contribution >= 4 is 11.8 Å². The summed E-state index contributed by atoms with van der Waals surface area (Å²) >= 11 is 0. The Hall–Kier alpha value is -1.62. The summed E-state index contributed by atoms with van der Waals surface area (Å²) in [6.45, 7) is 3.84. The van der Waals surface area contributed by atoms with Gasteiger partial charge in [-0.05, 0) is 45.6 Å². The van der Waals surface area contributed by atoms with E-state index in [1.54, 1.807) is 12.1 Å². The van der Waals surface area contributed by atoms with Crippen molar-refractivity contribution in [3.8, 4) is 0 Å². The van der Waals surface area contributed by atoms with Crippen LogP contribution >= 0.6 is 0 Å². The summed E-state index contributed by atoms with van der Waals surface area (Å²) in [4.78, 5) is 19.7. The van der Waals surface area contributed by atoms with Crippen molar-refractivity contribution in [2.75, 3.05) is 39.1 Å². The highest BCUT2D eigenvalue weighted by atomic mass is 16.4. The Morgan fingerprint density at radius 2 is 1.95 bits per heavy atom. The van der Waals surface area contributed by atoms with Crippen molar-refractivity contribution in [1.29, 1.82) is 0 Å². The fourth-order valence-electron chi connectivity index (χ4n) is 1.81. The number of carbonyl (C=O) groups is 1. The second-order valence-corrected chi connectivity index (χ2v) is 4.94. The first kappa shape index (κ1) is 15.4. The second-order valence-electron chi connectivity index (χ2n) is 4.94. The highest BCUT2D eigenvalue weighted by Gasteiger charge is 2.10. The minimum absolute atomic E-state index is 0.307. The zero-order valence-corrected chi connectivity index (χ0v) is 12.2. The summed E-state index contributed by atoms with van der Waals surface area (Å²) in [5.74, 6) is -0.171. The van der Waals surface area contributed by atoms with E-state index in [2.05, 4.69) is 9.88 Å². The number of hydrogen-bond donors (Lipinski definition) is 1. The SMILES string of the molecule is CCc1cc(C(=O)O)cc(N(C)CCCN(C)C)n1. The molecule has 0 aliphatic heterocycles. The van der Waals surface area contributed by atoms with Gasteiger partial charge in [0.1, 0.15) is 5.82 Å². The molecule has 0 aliphatic carbocycles. The first-order chi connectivity index (χ1) is 8.93. The molecule has 5 nitrogen and oxygen atoms in total. The Kier molecular flexibility index (Phi) is 5.76. The lowest BCUT2D eigenvalue weighted by Crippen LogP contribution is -2.24. The predicted molar refractivity (Wildman–Crippen MR) is 77.0 cm³/mol. The molecule has 1 aromatic rings. The maximum Gasteiger partial charge on any atom is 0.335 e. The molecular formula is C14H23N3O2. The van der Waals surface area contributed by atoms with E-state index in [0.29, 0.717) is 5.56 Å². The van der Waals surface area contributed by atoms with Crippen molar-refractivity contribution in [2.45, 2.75) is 19.8 Å². The molecule has 0 amide bonds. The number of hydrogen-bond acceptors (Lipinski definition) is 4. The van der Waals surface area contributed by atoms with Crippen LogP contribution in [-0.4, -0.2) is 55.2 Å². The normalized spacial score (nSPS) is 10.8. The second kappa shape index (κ2) is 7.09. The van der Waals surface area contributed by atoms with Gasteiger partial charge in [0.15, 0.2) is 0 Å². The zero-order chi connectivity index (χ0) is 14.4. The van der Waals surface area contributed by atoms with Crippen LogP contribution in [0.15, 0.2) is 12.1 Å². The van der Waals surface area contributed by atoms with Crippen LogP contribution in [-0.2, 0) is 6.42 Å². The fraction of sp³-hybridized carbons (Fsp3) is 0.571. The molecule has 0 aromatic carbocycles. The van der Waals surface area contributed by atoms with Gasteiger partial charge in [0.05, 0.1) is 5.56 Å². The number of carboxylic acids is 1. The highest BCUT2D eigenvalue weighted by molar-refractivity contribution is 5.88. The number of nitrogens with zero attached hydrogens (tertiary/aromatic N) is 3. The average molecular weight is 265 g/mol. The van der Waals surface area contributed by atoms with Crippen LogP contribution in [0.5, 0.6) is 0 Å². The Balaban J connectivity index is 2.80. The van der Waals surface area contributed by atoms with Gasteiger partial charge in [-0.2, -0.15) is 0 Å². The Labute approximate surface area is 114 Å². The largest absolute Gasteiger partial charge is 0.478 e. The quantitative estimate of drug-likeness (QED) is 0.813. The van der Waals surface area contributed by atoms with Gasteiger partial charge < -0.3 is 14.9 Å². The summed E-state index contributed by atoms with van der Waals surface area (Å²) in [6.07, 6.45) is 1.75. The van der Waals surface area contributed by atoms with Crippen LogP contribution in [0.4, 0.5) is 5.82 Å². The van der Waals surface area contributed by atoms with E-state index in [9.17, 15) is 4.79 Å². The predicted octanol–water partition coefficient (Wildman–Crippen LogP) is 1.73. The van der Waals surface area contributed by atoms with Crippen LogP contribution in [0.2, 0.25) is 0 Å². The average Bonchev–Trinajstić information content (AvgIpc) is 2.37. The monoisotopic (exact) mass is 265 g/mol. The van der Waals surface area contributed by atoms with Gasteiger partial charge in [0.25, 0.3) is 0 Å². The van der Waals surface area contributed by atoms with Crippen LogP contribution in [0.1, 0.15) is 29.4 Å². The maximum atomic E-state index is 11.1. The Morgan fingerprint density at radius 1 is 1.26 bits per heavy atom. The first-order valence-corrected chi connectivity index (χ1v) is 6.54. The van der Waals surface area contributed by atoms with Gasteiger partial charge in [0.2, 0.25) is 0 Å². The molecule has 1 N–H and O–H groups in total. The molecular weight excluding hydrogens is 242 g/mol. The van der Waals surface area contributed by atoms with Crippen molar-refractivity contribution in [3.05, 3.63) is 23.4 Å². The smallest absolute Gasteiger partial charge is 0.335 e. The molecule has 19 heavy (non-hydrogen) atoms. The minimum atomic E-state index is -0.903. The van der Waals surface area contributed by atoms with E-state index in [4.69, 9.17) is 5.11 Å². The number of pyridine rings is 1. The van der Waals surface area contributed by atoms with E-state index in [1.807, 2.05) is 33.0 Å². The topological polar surface area (TPSA) is 56.7 Å². The van der Waals surface area contributed by atoms with E-state index in [0.717, 1.165) is 37.4 Å². The lowest BCUT2D eigenvalue weighted by Gasteiger charge is -2.20. The summed E-state index contributed by atoms with van der Waals surface area (Å²) in [7, 11) is 6.03. The lowest BCUT2D eigenvalue weighted by atomic mass is 10.2. The van der Waals surface area contributed by atoms with Crippen LogP contribution in [0.3, 0.4) is 0 Å². The molecule has 5 heteroatoms. The van der Waals surface area contributed by atoms with E-state index < -0.39 is 5.97 Å². The summed E-state index contributed by atoms with van der Waals surface area (Å²) in [5, 5.41) is 9.11. The number of aromatic nitrogens is 1. The Morgan fingerprint density at radius 3 is 2.47 bits per heavy atom. The molecule has 0 spiro atoms. The number of anilines is 1. The molecule has 0 unspecified atom stereocenters. The van der Waals surface area contributed by atoms with Crippen LogP contribution in [0.25, 0.3) is 0 Å². The molecule has 1 rings (SSSR count). The third-order valence-electron chi connectivity index (χ3n) is 2.96. The highest BCUT2D eigenvalue weighted by Crippen LogP contribution is 2.15. The lowest BCUT2D eigenvalue weighted by molar-refractivity contribution is 0.0696. The summed E-state index contributed by atoms with van der Waals surface area (Å²) < 4.78 is 0. The van der Waals surface area contributed by atoms with Crippen molar-refractivity contribution in [3.63, 3.8) is 0 Å². The van der Waals surface area contributed by atoms with Crippen LogP contribution in [0, 0.1) is 0 Å². The molecule has 0 aliphatic rings. The fourth-order valence-corrected chi connectivity index (χ4v) is 1.81. The standard InChI is InChI=1S/C14H23N3O2/c1-5-12-9-11(14(18)19)10-13(15-12)17(4)8-6-7-16(2)3/h9-10H,5-8H2,1-4H3,(H,18,19). The molecule has 0 atom stereocenters. The molecule has 0 radical (unpaired) electrons. The van der Waals surface area contributed by atoms with Crippen molar-refractivity contribution in [2.24, 2.45) is 0 Å². The zero-order valence-electron chi connectivity index (χ0n) is 12.2. The molecule has 106 valence electrons. The number of aromatic carboxylic acids is 1. The number of aryl methyl sites for hydroxylation is 1. The van der Waals surface area contributed by atoms with Gasteiger partial charge in [-0.3, -0.25) is 0 Å². The van der Waals surface area contributed by atoms with Crippen molar-refractivity contribution < 1.29 is 9.90 Å². The van der Waals surface area contributed by atoms with Gasteiger partial charge in [0, 0.05) is 19.3 Å². The molecule has 0 saturated carbocycles. The number of carboxylic acid groups (broad SMARTS) is 1. The van der Waals surface area contributed by atoms with Gasteiger partial charge in [-0.1, -0.05) is 6.92 Å². The maximum absolute atomic E-state index is 11.1. The molecule has 0 bridgehead atoms. The number of rotatable bonds is 7.